The van der Waals surface area contributed by atoms with Crippen LogP contribution in [0.15, 0.2) is 23.1 Å². The molecule has 0 atom stereocenters. The molecule has 1 aliphatic carbocycles. The van der Waals surface area contributed by atoms with Gasteiger partial charge in [0.2, 0.25) is 10.0 Å². The maximum atomic E-state index is 13.8. The molecular weight excluding hydrogens is 309 g/mol. The maximum absolute atomic E-state index is 13.8. The molecule has 22 heavy (non-hydrogen) atoms. The summed E-state index contributed by atoms with van der Waals surface area (Å²) in [7, 11) is -2.48. The lowest BCUT2D eigenvalue weighted by Gasteiger charge is -2.21. The zero-order chi connectivity index (χ0) is 16.2. The first-order valence-corrected chi connectivity index (χ1v) is 8.82. The number of carbonyl (C=O) groups excluding carboxylic acids is 1. The lowest BCUT2D eigenvalue weighted by Crippen LogP contribution is -2.20. The van der Waals surface area contributed by atoms with Crippen molar-refractivity contribution in [3.63, 3.8) is 0 Å². The Bertz CT molecular complexity index is 639. The molecule has 1 aromatic carbocycles. The zero-order valence-electron chi connectivity index (χ0n) is 12.5. The number of hydrogen-bond acceptors (Lipinski definition) is 4. The fraction of sp³-hybridized carbons (Fsp3) is 0.533. The largest absolute Gasteiger partial charge is 0.462 e. The number of ether oxygens (including phenoxy) is 1. The summed E-state index contributed by atoms with van der Waals surface area (Å²) >= 11 is 0. The number of halogens is 1. The number of carbonyl (C=O) groups is 1. The molecule has 0 radical (unpaired) electrons. The van der Waals surface area contributed by atoms with Gasteiger partial charge in [0.05, 0.1) is 17.1 Å². The van der Waals surface area contributed by atoms with E-state index in [9.17, 15) is 17.6 Å². The lowest BCUT2D eigenvalue weighted by atomic mass is 9.90. The molecule has 0 bridgehead atoms. The summed E-state index contributed by atoms with van der Waals surface area (Å²) < 4.78 is 44.5. The van der Waals surface area contributed by atoms with Crippen molar-refractivity contribution >= 4 is 16.0 Å². The summed E-state index contributed by atoms with van der Waals surface area (Å²) in [6.45, 7) is 0.251. The molecule has 0 heterocycles. The number of hydrogen-bond donors (Lipinski definition) is 1. The van der Waals surface area contributed by atoms with Crippen LogP contribution in [0.1, 0.15) is 42.5 Å². The third kappa shape index (κ3) is 4.04. The highest BCUT2D eigenvalue weighted by Gasteiger charge is 2.21. The number of esters is 1. The van der Waals surface area contributed by atoms with E-state index in [0.29, 0.717) is 5.92 Å². The highest BCUT2D eigenvalue weighted by atomic mass is 32.2. The SMILES string of the molecule is CNS(=O)(=O)c1ccc(F)c(C(=O)OCC2CCCCC2)c1. The summed E-state index contributed by atoms with van der Waals surface area (Å²) in [5.74, 6) is -1.30. The normalized spacial score (nSPS) is 16.5. The summed E-state index contributed by atoms with van der Waals surface area (Å²) in [5, 5.41) is 0. The van der Waals surface area contributed by atoms with Gasteiger partial charge in [0.25, 0.3) is 0 Å². The molecule has 7 heteroatoms. The molecule has 1 N–H and O–H groups in total. The summed E-state index contributed by atoms with van der Waals surface area (Å²) in [4.78, 5) is 11.8. The van der Waals surface area contributed by atoms with Gasteiger partial charge in [0.15, 0.2) is 0 Å². The predicted molar refractivity (Wildman–Crippen MR) is 79.5 cm³/mol. The molecule has 1 saturated carbocycles. The van der Waals surface area contributed by atoms with Crippen molar-refractivity contribution in [2.75, 3.05) is 13.7 Å². The fourth-order valence-corrected chi connectivity index (χ4v) is 3.33. The fourth-order valence-electron chi connectivity index (χ4n) is 2.57. The Morgan fingerprint density at radius 3 is 2.64 bits per heavy atom. The van der Waals surface area contributed by atoms with Crippen LogP contribution in [0.25, 0.3) is 0 Å². The lowest BCUT2D eigenvalue weighted by molar-refractivity contribution is 0.0404. The molecule has 0 aliphatic heterocycles. The standard InChI is InChI=1S/C15H20FNO4S/c1-17-22(19,20)12-7-8-14(16)13(9-12)15(18)21-10-11-5-3-2-4-6-11/h7-9,11,17H,2-6,10H2,1H3. The zero-order valence-corrected chi connectivity index (χ0v) is 13.3. The molecule has 1 fully saturated rings. The molecule has 2 rings (SSSR count). The second kappa shape index (κ2) is 7.19. The van der Waals surface area contributed by atoms with Crippen LogP contribution in [0.3, 0.4) is 0 Å². The van der Waals surface area contributed by atoms with E-state index < -0.39 is 21.8 Å². The van der Waals surface area contributed by atoms with Crippen molar-refractivity contribution in [2.24, 2.45) is 5.92 Å². The second-order valence-corrected chi connectivity index (χ2v) is 7.34. The first-order valence-electron chi connectivity index (χ1n) is 7.34. The van der Waals surface area contributed by atoms with Crippen LogP contribution < -0.4 is 4.72 Å². The van der Waals surface area contributed by atoms with Crippen molar-refractivity contribution in [1.29, 1.82) is 0 Å². The molecule has 1 aliphatic rings. The van der Waals surface area contributed by atoms with Crippen LogP contribution in [0.4, 0.5) is 4.39 Å². The molecular formula is C15H20FNO4S. The van der Waals surface area contributed by atoms with E-state index in [1.165, 1.54) is 13.5 Å². The highest BCUT2D eigenvalue weighted by molar-refractivity contribution is 7.89. The van der Waals surface area contributed by atoms with Crippen LogP contribution in [0, 0.1) is 11.7 Å². The first-order chi connectivity index (χ1) is 10.4. The van der Waals surface area contributed by atoms with Gasteiger partial charge in [-0.05, 0) is 44.0 Å². The van der Waals surface area contributed by atoms with Gasteiger partial charge in [-0.2, -0.15) is 0 Å². The van der Waals surface area contributed by atoms with Crippen LogP contribution in [0.2, 0.25) is 0 Å². The van der Waals surface area contributed by atoms with E-state index in [2.05, 4.69) is 4.72 Å². The van der Waals surface area contributed by atoms with Crippen LogP contribution >= 0.6 is 0 Å². The van der Waals surface area contributed by atoms with Gasteiger partial charge in [-0.15, -0.1) is 0 Å². The van der Waals surface area contributed by atoms with Crippen molar-refractivity contribution in [3.05, 3.63) is 29.6 Å². The Morgan fingerprint density at radius 1 is 1.32 bits per heavy atom. The summed E-state index contributed by atoms with van der Waals surface area (Å²) in [6, 6.07) is 3.07. The molecule has 0 aromatic heterocycles. The van der Waals surface area contributed by atoms with E-state index in [1.807, 2.05) is 0 Å². The minimum absolute atomic E-state index is 0.166. The molecule has 0 unspecified atom stereocenters. The average Bonchev–Trinajstić information content (AvgIpc) is 2.53. The molecule has 0 saturated heterocycles. The maximum Gasteiger partial charge on any atom is 0.341 e. The van der Waals surface area contributed by atoms with Gasteiger partial charge in [-0.25, -0.2) is 22.3 Å². The first kappa shape index (κ1) is 16.9. The van der Waals surface area contributed by atoms with Gasteiger partial charge < -0.3 is 4.74 Å². The molecule has 122 valence electrons. The van der Waals surface area contributed by atoms with Crippen molar-refractivity contribution in [3.8, 4) is 0 Å². The van der Waals surface area contributed by atoms with Crippen molar-refractivity contribution in [1.82, 2.24) is 4.72 Å². The number of nitrogens with one attached hydrogen (secondary N) is 1. The third-order valence-electron chi connectivity index (χ3n) is 3.91. The average molecular weight is 329 g/mol. The predicted octanol–water partition coefficient (Wildman–Crippen LogP) is 2.47. The molecule has 5 nitrogen and oxygen atoms in total. The molecule has 0 amide bonds. The van der Waals surface area contributed by atoms with E-state index in [1.54, 1.807) is 0 Å². The monoisotopic (exact) mass is 329 g/mol. The van der Waals surface area contributed by atoms with Crippen molar-refractivity contribution in [2.45, 2.75) is 37.0 Å². The Labute approximate surface area is 129 Å². The Kier molecular flexibility index (Phi) is 5.52. The van der Waals surface area contributed by atoms with Gasteiger partial charge in [-0.3, -0.25) is 0 Å². The van der Waals surface area contributed by atoms with Crippen LogP contribution in [-0.2, 0) is 14.8 Å². The van der Waals surface area contributed by atoms with E-state index in [0.717, 1.165) is 43.9 Å². The Morgan fingerprint density at radius 2 is 2.00 bits per heavy atom. The van der Waals surface area contributed by atoms with E-state index in [4.69, 9.17) is 4.74 Å². The smallest absolute Gasteiger partial charge is 0.341 e. The quantitative estimate of drug-likeness (QED) is 0.842. The Hall–Kier alpha value is -1.47. The van der Waals surface area contributed by atoms with E-state index >= 15 is 0 Å². The molecule has 0 spiro atoms. The molecule has 1 aromatic rings. The second-order valence-electron chi connectivity index (χ2n) is 5.45. The van der Waals surface area contributed by atoms with Gasteiger partial charge in [0.1, 0.15) is 5.82 Å². The minimum Gasteiger partial charge on any atom is -0.462 e. The summed E-state index contributed by atoms with van der Waals surface area (Å²) in [6.07, 6.45) is 5.44. The minimum atomic E-state index is -3.73. The van der Waals surface area contributed by atoms with Crippen molar-refractivity contribution < 1.29 is 22.3 Å². The Balaban J connectivity index is 2.09. The van der Waals surface area contributed by atoms with Gasteiger partial charge >= 0.3 is 5.97 Å². The number of benzene rings is 1. The number of rotatable bonds is 5. The number of sulfonamides is 1. The third-order valence-corrected chi connectivity index (χ3v) is 5.32. The topological polar surface area (TPSA) is 72.5 Å². The highest BCUT2D eigenvalue weighted by Crippen LogP contribution is 2.24. The van der Waals surface area contributed by atoms with Crippen LogP contribution in [-0.4, -0.2) is 28.0 Å². The van der Waals surface area contributed by atoms with Gasteiger partial charge in [0, 0.05) is 0 Å². The summed E-state index contributed by atoms with van der Waals surface area (Å²) in [5.41, 5.74) is -0.355. The van der Waals surface area contributed by atoms with Gasteiger partial charge in [-0.1, -0.05) is 19.3 Å². The van der Waals surface area contributed by atoms with Crippen LogP contribution in [0.5, 0.6) is 0 Å². The van der Waals surface area contributed by atoms with E-state index in [-0.39, 0.29) is 17.1 Å².